The number of urea groups is 1. The molecule has 1 aromatic rings. The first kappa shape index (κ1) is 17.9. The second-order valence-corrected chi connectivity index (χ2v) is 6.38. The highest BCUT2D eigenvalue weighted by molar-refractivity contribution is 7.10. The summed E-state index contributed by atoms with van der Waals surface area (Å²) in [5.74, 6) is 0. The maximum Gasteiger partial charge on any atom is 0.317 e. The van der Waals surface area contributed by atoms with Crippen molar-refractivity contribution in [3.63, 3.8) is 0 Å². The van der Waals surface area contributed by atoms with E-state index in [1.165, 1.54) is 10.4 Å². The van der Waals surface area contributed by atoms with Crippen molar-refractivity contribution in [2.24, 2.45) is 0 Å². The normalized spacial score (nSPS) is 12.5. The fourth-order valence-corrected chi connectivity index (χ4v) is 3.04. The Balaban J connectivity index is 2.59. The van der Waals surface area contributed by atoms with Gasteiger partial charge in [0.1, 0.15) is 0 Å². The van der Waals surface area contributed by atoms with Gasteiger partial charge in [-0.2, -0.15) is 0 Å². The average molecular weight is 313 g/mol. The first-order valence-electron chi connectivity index (χ1n) is 7.32. The first-order chi connectivity index (χ1) is 9.99. The second-order valence-electron chi connectivity index (χ2n) is 5.38. The topological polar surface area (TPSA) is 55.8 Å². The fraction of sp³-hybridized carbons (Fsp3) is 0.667. The van der Waals surface area contributed by atoms with Crippen LogP contribution < -0.4 is 5.32 Å². The third-order valence-corrected chi connectivity index (χ3v) is 4.66. The Morgan fingerprint density at radius 1 is 1.48 bits per heavy atom. The number of hydrogen-bond acceptors (Lipinski definition) is 4. The third-order valence-electron chi connectivity index (χ3n) is 3.65. The number of amides is 2. The van der Waals surface area contributed by atoms with Gasteiger partial charge in [0, 0.05) is 24.0 Å². The van der Waals surface area contributed by atoms with Crippen LogP contribution in [-0.2, 0) is 6.54 Å². The number of aliphatic hydroxyl groups excluding tert-OH is 1. The van der Waals surface area contributed by atoms with Gasteiger partial charge >= 0.3 is 6.03 Å². The number of hydrogen-bond donors (Lipinski definition) is 2. The molecular weight excluding hydrogens is 286 g/mol. The number of thiophene rings is 1. The summed E-state index contributed by atoms with van der Waals surface area (Å²) in [6, 6.07) is 2.26. The molecule has 0 fully saturated rings. The van der Waals surface area contributed by atoms with Crippen LogP contribution in [0.25, 0.3) is 0 Å². The van der Waals surface area contributed by atoms with Gasteiger partial charge in [-0.15, -0.1) is 11.3 Å². The maximum absolute atomic E-state index is 12.3. The van der Waals surface area contributed by atoms with Gasteiger partial charge in [0.05, 0.1) is 13.2 Å². The molecule has 1 rings (SSSR count). The van der Waals surface area contributed by atoms with Crippen molar-refractivity contribution < 1.29 is 9.90 Å². The van der Waals surface area contributed by atoms with Gasteiger partial charge in [-0.3, -0.25) is 0 Å². The molecule has 1 atom stereocenters. The van der Waals surface area contributed by atoms with Gasteiger partial charge in [-0.25, -0.2) is 4.79 Å². The molecule has 0 spiro atoms. The lowest BCUT2D eigenvalue weighted by Crippen LogP contribution is -2.46. The van der Waals surface area contributed by atoms with E-state index in [1.54, 1.807) is 16.2 Å². The molecule has 1 heterocycles. The summed E-state index contributed by atoms with van der Waals surface area (Å²) >= 11 is 1.64. The smallest absolute Gasteiger partial charge is 0.317 e. The lowest BCUT2D eigenvalue weighted by atomic mass is 10.2. The summed E-state index contributed by atoms with van der Waals surface area (Å²) in [4.78, 5) is 17.2. The van der Waals surface area contributed by atoms with Crippen LogP contribution in [0.2, 0.25) is 0 Å². The molecule has 0 bridgehead atoms. The minimum absolute atomic E-state index is 0.0251. The quantitative estimate of drug-likeness (QED) is 0.771. The zero-order valence-electron chi connectivity index (χ0n) is 13.4. The Bertz CT molecular complexity index is 434. The highest BCUT2D eigenvalue weighted by Crippen LogP contribution is 2.17. The molecule has 21 heavy (non-hydrogen) atoms. The Hall–Kier alpha value is -1.11. The summed E-state index contributed by atoms with van der Waals surface area (Å²) in [5, 5.41) is 14.2. The van der Waals surface area contributed by atoms with Crippen molar-refractivity contribution in [3.05, 3.63) is 21.9 Å². The minimum atomic E-state index is -0.114. The van der Waals surface area contributed by atoms with Gasteiger partial charge in [-0.05, 0) is 44.4 Å². The van der Waals surface area contributed by atoms with E-state index in [1.807, 2.05) is 32.5 Å². The Kier molecular flexibility index (Phi) is 7.71. The van der Waals surface area contributed by atoms with Gasteiger partial charge in [0.15, 0.2) is 0 Å². The van der Waals surface area contributed by atoms with Crippen molar-refractivity contribution in [1.82, 2.24) is 15.1 Å². The first-order valence-corrected chi connectivity index (χ1v) is 8.20. The van der Waals surface area contributed by atoms with Crippen LogP contribution in [0.1, 0.15) is 23.8 Å². The molecule has 0 aliphatic rings. The van der Waals surface area contributed by atoms with Crippen LogP contribution >= 0.6 is 11.3 Å². The number of likely N-dealkylation sites (N-methyl/N-ethyl adjacent to an activating group) is 1. The molecule has 120 valence electrons. The SMILES string of the molecule is CCC(CNC(=O)N(CCO)Cc1sccc1C)N(C)C. The largest absolute Gasteiger partial charge is 0.395 e. The molecule has 0 saturated heterocycles. The van der Waals surface area contributed by atoms with Crippen molar-refractivity contribution in [3.8, 4) is 0 Å². The molecule has 1 unspecified atom stereocenters. The minimum Gasteiger partial charge on any atom is -0.395 e. The number of nitrogens with zero attached hydrogens (tertiary/aromatic N) is 2. The number of rotatable bonds is 8. The monoisotopic (exact) mass is 313 g/mol. The van der Waals surface area contributed by atoms with Crippen molar-refractivity contribution in [2.45, 2.75) is 32.9 Å². The van der Waals surface area contributed by atoms with Crippen LogP contribution in [0, 0.1) is 6.92 Å². The molecule has 1 aromatic heterocycles. The van der Waals surface area contributed by atoms with Crippen LogP contribution in [0.5, 0.6) is 0 Å². The average Bonchev–Trinajstić information content (AvgIpc) is 2.84. The van der Waals surface area contributed by atoms with E-state index in [9.17, 15) is 4.79 Å². The lowest BCUT2D eigenvalue weighted by Gasteiger charge is -2.26. The predicted octanol–water partition coefficient (Wildman–Crippen LogP) is 1.90. The number of aliphatic hydroxyl groups is 1. The van der Waals surface area contributed by atoms with E-state index >= 15 is 0 Å². The van der Waals surface area contributed by atoms with Crippen LogP contribution in [0.3, 0.4) is 0 Å². The zero-order valence-corrected chi connectivity index (χ0v) is 14.2. The van der Waals surface area contributed by atoms with Crippen LogP contribution in [-0.4, -0.2) is 60.8 Å². The maximum atomic E-state index is 12.3. The number of nitrogens with one attached hydrogen (secondary N) is 1. The van der Waals surface area contributed by atoms with Crippen molar-refractivity contribution in [1.29, 1.82) is 0 Å². The van der Waals surface area contributed by atoms with Crippen LogP contribution in [0.15, 0.2) is 11.4 Å². The summed E-state index contributed by atoms with van der Waals surface area (Å²) < 4.78 is 0. The molecule has 0 saturated carbocycles. The number of carbonyl (C=O) groups excluding carboxylic acids is 1. The molecule has 2 N–H and O–H groups in total. The number of aryl methyl sites for hydroxylation is 1. The fourth-order valence-electron chi connectivity index (χ4n) is 2.12. The Labute approximate surface area is 131 Å². The van der Waals surface area contributed by atoms with Crippen molar-refractivity contribution in [2.75, 3.05) is 33.8 Å². The summed E-state index contributed by atoms with van der Waals surface area (Å²) in [6.45, 7) is 5.64. The standard InChI is InChI=1S/C15H27N3O2S/c1-5-13(17(3)4)10-16-15(20)18(7-8-19)11-14-12(2)6-9-21-14/h6,9,13,19H,5,7-8,10-11H2,1-4H3,(H,16,20). The van der Waals surface area contributed by atoms with Gasteiger partial charge in [-0.1, -0.05) is 6.92 Å². The summed E-state index contributed by atoms with van der Waals surface area (Å²) in [5.41, 5.74) is 1.19. The Morgan fingerprint density at radius 2 is 2.19 bits per heavy atom. The molecular formula is C15H27N3O2S. The van der Waals surface area contributed by atoms with E-state index in [4.69, 9.17) is 5.11 Å². The lowest BCUT2D eigenvalue weighted by molar-refractivity contribution is 0.170. The Morgan fingerprint density at radius 3 is 2.67 bits per heavy atom. The van der Waals surface area contributed by atoms with Crippen molar-refractivity contribution >= 4 is 17.4 Å². The molecule has 6 heteroatoms. The third kappa shape index (κ3) is 5.65. The van der Waals surface area contributed by atoms with E-state index in [0.29, 0.717) is 25.7 Å². The highest BCUT2D eigenvalue weighted by atomic mass is 32.1. The zero-order chi connectivity index (χ0) is 15.8. The van der Waals surface area contributed by atoms with E-state index in [0.717, 1.165) is 6.42 Å². The van der Waals surface area contributed by atoms with E-state index in [-0.39, 0.29) is 12.6 Å². The van der Waals surface area contributed by atoms with Crippen LogP contribution in [0.4, 0.5) is 4.79 Å². The second kappa shape index (κ2) is 9.02. The molecule has 0 aromatic carbocycles. The number of carbonyl (C=O) groups is 1. The molecule has 2 amide bonds. The van der Waals surface area contributed by atoms with Gasteiger partial charge in [0.2, 0.25) is 0 Å². The predicted molar refractivity (Wildman–Crippen MR) is 87.7 cm³/mol. The van der Waals surface area contributed by atoms with E-state index in [2.05, 4.69) is 17.1 Å². The molecule has 5 nitrogen and oxygen atoms in total. The molecule has 0 aliphatic heterocycles. The summed E-state index contributed by atoms with van der Waals surface area (Å²) in [6.07, 6.45) is 0.983. The molecule has 0 aliphatic carbocycles. The molecule has 0 radical (unpaired) electrons. The van der Waals surface area contributed by atoms with E-state index < -0.39 is 0 Å². The van der Waals surface area contributed by atoms with Gasteiger partial charge in [0.25, 0.3) is 0 Å². The summed E-state index contributed by atoms with van der Waals surface area (Å²) in [7, 11) is 4.03. The van der Waals surface area contributed by atoms with Gasteiger partial charge < -0.3 is 20.2 Å². The highest BCUT2D eigenvalue weighted by Gasteiger charge is 2.17.